The lowest BCUT2D eigenvalue weighted by atomic mass is 9.81. The number of hydrogen-bond donors (Lipinski definition) is 4. The maximum atomic E-state index is 13.5. The Morgan fingerprint density at radius 2 is 1.70 bits per heavy atom. The molecular formula is C35H41N3O9. The molecule has 0 saturated carbocycles. The Labute approximate surface area is 273 Å². The van der Waals surface area contributed by atoms with Crippen LogP contribution in [0.15, 0.2) is 78.6 Å². The van der Waals surface area contributed by atoms with Gasteiger partial charge in [0.05, 0.1) is 37.8 Å². The predicted molar refractivity (Wildman–Crippen MR) is 174 cm³/mol. The molecule has 2 aliphatic heterocycles. The molecule has 12 heteroatoms. The third kappa shape index (κ3) is 9.01. The number of aliphatic hydroxyl groups is 1. The number of carbonyl (C=O) groups excluding carboxylic acids is 2. The molecule has 0 radical (unpaired) electrons. The molecular weight excluding hydrogens is 606 g/mol. The van der Waals surface area contributed by atoms with Crippen LogP contribution in [0.25, 0.3) is 0 Å². The van der Waals surface area contributed by atoms with E-state index in [0.717, 1.165) is 11.1 Å². The van der Waals surface area contributed by atoms with Gasteiger partial charge in [-0.25, -0.2) is 0 Å². The number of hydrogen-bond acceptors (Lipinski definition) is 10. The number of fused-ring (bicyclic) bond motifs is 1. The fourth-order valence-electron chi connectivity index (χ4n) is 5.39. The van der Waals surface area contributed by atoms with E-state index in [4.69, 9.17) is 39.3 Å². The lowest BCUT2D eigenvalue weighted by Crippen LogP contribution is -2.39. The Bertz CT molecular complexity index is 1530. The monoisotopic (exact) mass is 647 g/mol. The summed E-state index contributed by atoms with van der Waals surface area (Å²) in [6.07, 6.45) is 1.71. The zero-order chi connectivity index (χ0) is 33.0. The van der Waals surface area contributed by atoms with Gasteiger partial charge in [-0.1, -0.05) is 30.3 Å². The van der Waals surface area contributed by atoms with Crippen molar-refractivity contribution >= 4 is 23.2 Å². The Kier molecular flexibility index (Phi) is 12.1. The molecule has 2 aliphatic rings. The number of allylic oxidation sites excluding steroid dienone is 1. The van der Waals surface area contributed by atoms with E-state index in [9.17, 15) is 9.59 Å². The molecule has 0 spiro atoms. The second-order valence-corrected chi connectivity index (χ2v) is 10.9. The maximum Gasteiger partial charge on any atom is 0.286 e. The second kappa shape index (κ2) is 16.8. The third-order valence-electron chi connectivity index (χ3n) is 7.80. The van der Waals surface area contributed by atoms with E-state index in [2.05, 4.69) is 10.6 Å². The summed E-state index contributed by atoms with van der Waals surface area (Å²) >= 11 is 0. The van der Waals surface area contributed by atoms with Gasteiger partial charge in [0.2, 0.25) is 13.1 Å². The minimum Gasteiger partial charge on any atom is -0.459 e. The molecule has 0 saturated heterocycles. The van der Waals surface area contributed by atoms with Crippen LogP contribution in [0.2, 0.25) is 0 Å². The number of nitrogens with one attached hydrogen (secondary N) is 2. The van der Waals surface area contributed by atoms with Gasteiger partial charge >= 0.3 is 0 Å². The normalized spacial score (nSPS) is 18.3. The van der Waals surface area contributed by atoms with E-state index in [1.54, 1.807) is 48.5 Å². The number of anilines is 2. The Morgan fingerprint density at radius 3 is 2.47 bits per heavy atom. The van der Waals surface area contributed by atoms with Crippen molar-refractivity contribution in [1.29, 1.82) is 0 Å². The summed E-state index contributed by atoms with van der Waals surface area (Å²) in [4.78, 5) is 26.1. The van der Waals surface area contributed by atoms with Crippen LogP contribution in [0.3, 0.4) is 0 Å². The average Bonchev–Trinajstić information content (AvgIpc) is 3.56. The van der Waals surface area contributed by atoms with Gasteiger partial charge in [-0.15, -0.1) is 0 Å². The molecule has 0 aliphatic carbocycles. The molecule has 0 aromatic heterocycles. The van der Waals surface area contributed by atoms with Crippen LogP contribution in [0.1, 0.15) is 40.7 Å². The predicted octanol–water partition coefficient (Wildman–Crippen LogP) is 3.96. The van der Waals surface area contributed by atoms with Gasteiger partial charge in [0.1, 0.15) is 0 Å². The van der Waals surface area contributed by atoms with E-state index >= 15 is 0 Å². The molecule has 250 valence electrons. The largest absolute Gasteiger partial charge is 0.459 e. The SMILES string of the molecule is CCOC1OC(C(=O)NCc2ccc(C(=O)Nc3ccccc3N)cc2)=CC(c2ccc3c(c2)OCO3)C1CCOCCOCCO. The molecule has 0 fully saturated rings. The number of ether oxygens (including phenoxy) is 6. The molecule has 0 bridgehead atoms. The van der Waals surface area contributed by atoms with Crippen LogP contribution in [0, 0.1) is 5.92 Å². The number of benzene rings is 3. The minimum atomic E-state index is -0.702. The van der Waals surface area contributed by atoms with Crippen molar-refractivity contribution in [1.82, 2.24) is 5.32 Å². The fraction of sp³-hybridized carbons (Fsp3) is 0.371. The first kappa shape index (κ1) is 33.7. The number of rotatable bonds is 16. The van der Waals surface area contributed by atoms with Crippen LogP contribution in [-0.2, 0) is 30.3 Å². The molecule has 3 atom stereocenters. The van der Waals surface area contributed by atoms with Crippen molar-refractivity contribution < 1.29 is 43.1 Å². The Morgan fingerprint density at radius 1 is 0.936 bits per heavy atom. The molecule has 12 nitrogen and oxygen atoms in total. The summed E-state index contributed by atoms with van der Waals surface area (Å²) in [6.45, 7) is 4.05. The number of nitrogens with two attached hydrogens (primary N) is 1. The number of nitrogen functional groups attached to an aromatic ring is 1. The van der Waals surface area contributed by atoms with E-state index in [-0.39, 0.29) is 50.1 Å². The highest BCUT2D eigenvalue weighted by Crippen LogP contribution is 2.42. The fourth-order valence-corrected chi connectivity index (χ4v) is 5.39. The Hall–Kier alpha value is -4.62. The van der Waals surface area contributed by atoms with E-state index in [0.29, 0.717) is 61.3 Å². The van der Waals surface area contributed by atoms with Crippen LogP contribution in [0.4, 0.5) is 11.4 Å². The van der Waals surface area contributed by atoms with Crippen LogP contribution in [0.5, 0.6) is 11.5 Å². The molecule has 5 N–H and O–H groups in total. The van der Waals surface area contributed by atoms with E-state index < -0.39 is 12.2 Å². The average molecular weight is 648 g/mol. The van der Waals surface area contributed by atoms with Gasteiger partial charge in [-0.05, 0) is 66.9 Å². The van der Waals surface area contributed by atoms with E-state index in [1.165, 1.54) is 0 Å². The minimum absolute atomic E-state index is 0.0363. The summed E-state index contributed by atoms with van der Waals surface area (Å²) in [5, 5.41) is 14.6. The lowest BCUT2D eigenvalue weighted by molar-refractivity contribution is -0.168. The third-order valence-corrected chi connectivity index (χ3v) is 7.80. The standard InChI is InChI=1S/C35H41N3O9/c1-2-44-35-26(13-15-42-17-18-43-16-14-39)27(25-11-12-30-31(19-25)46-22-45-30)20-32(47-35)34(41)37-21-23-7-9-24(10-8-23)33(40)38-29-6-4-3-5-28(29)36/h3-12,19-20,26-27,35,39H,2,13-18,21-22,36H2,1H3,(H,37,41)(H,38,40). The summed E-state index contributed by atoms with van der Waals surface area (Å²) in [6, 6.07) is 19.7. The Balaban J connectivity index is 1.26. The summed E-state index contributed by atoms with van der Waals surface area (Å²) in [5.74, 6) is 0.359. The van der Waals surface area contributed by atoms with Crippen LogP contribution >= 0.6 is 0 Å². The van der Waals surface area contributed by atoms with Crippen molar-refractivity contribution in [2.75, 3.05) is 57.5 Å². The number of para-hydroxylation sites is 2. The van der Waals surface area contributed by atoms with Gasteiger partial charge in [0, 0.05) is 37.2 Å². The highest BCUT2D eigenvalue weighted by molar-refractivity contribution is 6.05. The first-order valence-corrected chi connectivity index (χ1v) is 15.7. The molecule has 3 aromatic rings. The number of amides is 2. The van der Waals surface area contributed by atoms with Gasteiger partial charge in [-0.3, -0.25) is 9.59 Å². The molecule has 47 heavy (non-hydrogen) atoms. The topological polar surface area (TPSA) is 160 Å². The summed E-state index contributed by atoms with van der Waals surface area (Å²) < 4.78 is 34.4. The molecule has 2 amide bonds. The van der Waals surface area contributed by atoms with Crippen LogP contribution < -0.4 is 25.8 Å². The highest BCUT2D eigenvalue weighted by atomic mass is 16.7. The first-order chi connectivity index (χ1) is 23.0. The number of carbonyl (C=O) groups is 2. The molecule has 3 unspecified atom stereocenters. The highest BCUT2D eigenvalue weighted by Gasteiger charge is 2.38. The molecule has 2 heterocycles. The second-order valence-electron chi connectivity index (χ2n) is 10.9. The smallest absolute Gasteiger partial charge is 0.286 e. The molecule has 5 rings (SSSR count). The zero-order valence-corrected chi connectivity index (χ0v) is 26.3. The van der Waals surface area contributed by atoms with Crippen molar-refractivity contribution in [3.63, 3.8) is 0 Å². The quantitative estimate of drug-likeness (QED) is 0.132. The first-order valence-electron chi connectivity index (χ1n) is 15.7. The summed E-state index contributed by atoms with van der Waals surface area (Å²) in [7, 11) is 0. The van der Waals surface area contributed by atoms with E-state index in [1.807, 2.05) is 31.2 Å². The van der Waals surface area contributed by atoms with Crippen molar-refractivity contribution in [2.45, 2.75) is 32.1 Å². The number of aliphatic hydroxyl groups excluding tert-OH is 1. The lowest BCUT2D eigenvalue weighted by Gasteiger charge is -2.37. The van der Waals surface area contributed by atoms with Gasteiger partial charge in [0.25, 0.3) is 11.8 Å². The van der Waals surface area contributed by atoms with Gasteiger partial charge in [0.15, 0.2) is 17.3 Å². The van der Waals surface area contributed by atoms with Crippen molar-refractivity contribution in [3.8, 4) is 11.5 Å². The van der Waals surface area contributed by atoms with Crippen molar-refractivity contribution in [2.24, 2.45) is 5.92 Å². The zero-order valence-electron chi connectivity index (χ0n) is 26.3. The maximum absolute atomic E-state index is 13.5. The van der Waals surface area contributed by atoms with Gasteiger partial charge in [-0.2, -0.15) is 0 Å². The van der Waals surface area contributed by atoms with Gasteiger partial charge < -0.3 is 49.9 Å². The van der Waals surface area contributed by atoms with Crippen LogP contribution in [-0.4, -0.2) is 69.6 Å². The summed E-state index contributed by atoms with van der Waals surface area (Å²) in [5.41, 5.74) is 9.14. The van der Waals surface area contributed by atoms with Crippen molar-refractivity contribution in [3.05, 3.63) is 95.3 Å². The molecule has 3 aromatic carbocycles.